The lowest BCUT2D eigenvalue weighted by molar-refractivity contribution is -0.660. The standard InChI is InChI=1S/C28H27N2O.C27H24FN2O.C27H25N2O/c1-18(2)15-20-7-5-8-21(16-20)22-11-13-25(30(4)17-22)26-19(3)10-12-23-24-9-6-14-29-28(24)31-27(23)26;1-16(2)22-14-18(8-11-23(22)28)19-9-12-24(30(4)15-19)25-17(3)7-10-20-21-6-5-13-29-27(21)31-26(20)25;1-17(2)19-7-5-8-20(15-19)21-11-13-24(29(4)16-21)25-18(3)10-12-22-23-9-6-14-28-27(23)30-26(22)25/h5-14,16-18H,15H2,1-4H3;5-16H,1-4H3;5-17H,1-4H3/q3*+1/i1D3,18D;1D3,16D;1D3,17D. The maximum atomic E-state index is 14.6. The number of furan rings is 3. The minimum atomic E-state index is -2.67. The Labute approximate surface area is 553 Å². The highest BCUT2D eigenvalue weighted by Gasteiger charge is 2.26. The van der Waals surface area contributed by atoms with Gasteiger partial charge in [-0.2, -0.15) is 0 Å². The van der Waals surface area contributed by atoms with Gasteiger partial charge in [-0.15, -0.1) is 0 Å². The molecule has 0 amide bonds. The van der Waals surface area contributed by atoms with Gasteiger partial charge < -0.3 is 13.3 Å². The number of aromatic nitrogens is 6. The summed E-state index contributed by atoms with van der Waals surface area (Å²) in [5.74, 6) is -6.01. The smallest absolute Gasteiger partial charge is 0.227 e. The van der Waals surface area contributed by atoms with Gasteiger partial charge in [0.25, 0.3) is 0 Å². The first-order chi connectivity index (χ1) is 49.1. The van der Waals surface area contributed by atoms with Gasteiger partial charge in [0.05, 0.1) is 16.7 Å². The van der Waals surface area contributed by atoms with Crippen LogP contribution < -0.4 is 13.7 Å². The molecule has 0 fully saturated rings. The average Bonchev–Trinajstić information content (AvgIpc) is 0.974. The first-order valence-corrected chi connectivity index (χ1v) is 30.4. The molecule has 0 N–H and O–H groups in total. The molecule has 0 aliphatic heterocycles. The second-order valence-electron chi connectivity index (χ2n) is 23.7. The highest BCUT2D eigenvalue weighted by atomic mass is 19.1. The van der Waals surface area contributed by atoms with Gasteiger partial charge >= 0.3 is 0 Å². The molecule has 9 nitrogen and oxygen atoms in total. The Morgan fingerprint density at radius 2 is 0.837 bits per heavy atom. The van der Waals surface area contributed by atoms with Gasteiger partial charge in [-0.25, -0.2) is 33.0 Å². The van der Waals surface area contributed by atoms with Crippen LogP contribution >= 0.6 is 0 Å². The van der Waals surface area contributed by atoms with E-state index in [4.69, 9.17) is 29.7 Å². The van der Waals surface area contributed by atoms with E-state index >= 15 is 0 Å². The zero-order valence-corrected chi connectivity index (χ0v) is 52.7. The fraction of sp³-hybridized carbons (Fsp3) is 0.195. The SMILES string of the molecule is [2H]C([2H])([2H])C([2H])(C)Cc1cccc(-c2ccc(-c3c(C)ccc4c3oc3ncccc34)[n+](C)c2)c1.[2H]C([2H])([2H])C([2H])(C)c1cc(-c2ccc(-c3c(C)ccc4c3oc3ncccc34)[n+](C)c2)ccc1F.[2H]C([2H])([2H])C([2H])(C)c1cccc(-c2ccc(-c3c(C)ccc4c3oc3ncccc34)[n+](C)c2)c1. The molecule has 0 spiro atoms. The maximum absolute atomic E-state index is 14.6. The molecule has 10 heteroatoms. The van der Waals surface area contributed by atoms with Crippen molar-refractivity contribution in [1.29, 1.82) is 0 Å². The Morgan fingerprint density at radius 3 is 1.26 bits per heavy atom. The second kappa shape index (κ2) is 25.1. The minimum absolute atomic E-state index is 0.155. The summed E-state index contributed by atoms with van der Waals surface area (Å²) < 4.78 is 134. The van der Waals surface area contributed by atoms with Crippen LogP contribution in [0.3, 0.4) is 0 Å². The van der Waals surface area contributed by atoms with E-state index in [2.05, 4.69) is 82.0 Å². The summed E-state index contributed by atoms with van der Waals surface area (Å²) in [4.78, 5) is 13.1. The van der Waals surface area contributed by atoms with Crippen molar-refractivity contribution < 1.29 is 47.8 Å². The summed E-state index contributed by atoms with van der Waals surface area (Å²) in [6, 6.07) is 55.6. The number of benzene rings is 6. The molecule has 6 aromatic carbocycles. The summed E-state index contributed by atoms with van der Waals surface area (Å²) in [5.41, 5.74) is 19.8. The molecule has 0 aliphatic rings. The van der Waals surface area contributed by atoms with Crippen LogP contribution in [-0.2, 0) is 27.6 Å². The normalized spacial score (nSPS) is 15.9. The Balaban J connectivity index is 0.000000139. The van der Waals surface area contributed by atoms with E-state index in [0.29, 0.717) is 28.3 Å². The van der Waals surface area contributed by atoms with Crippen molar-refractivity contribution in [3.63, 3.8) is 0 Å². The number of halogens is 1. The lowest BCUT2D eigenvalue weighted by Gasteiger charge is -2.10. The van der Waals surface area contributed by atoms with E-state index in [9.17, 15) is 4.39 Å². The lowest BCUT2D eigenvalue weighted by Crippen LogP contribution is -2.31. The van der Waals surface area contributed by atoms with Crippen LogP contribution in [0.2, 0.25) is 0 Å². The van der Waals surface area contributed by atoms with Crippen LogP contribution in [-0.4, -0.2) is 15.0 Å². The summed E-state index contributed by atoms with van der Waals surface area (Å²) >= 11 is 0. The molecule has 456 valence electrons. The van der Waals surface area contributed by atoms with Crippen molar-refractivity contribution in [2.24, 2.45) is 27.0 Å². The lowest BCUT2D eigenvalue weighted by atomic mass is 9.96. The molecule has 0 bridgehead atoms. The molecule has 0 saturated carbocycles. The number of nitrogens with zero attached hydrogens (tertiary/aromatic N) is 6. The van der Waals surface area contributed by atoms with Crippen molar-refractivity contribution in [3.8, 4) is 67.2 Å². The molecular weight excluding hydrogens is 1140 g/mol. The minimum Gasteiger partial charge on any atom is -0.437 e. The van der Waals surface area contributed by atoms with Gasteiger partial charge in [0.15, 0.2) is 35.3 Å². The molecule has 92 heavy (non-hydrogen) atoms. The Kier molecular flexibility index (Phi) is 12.9. The van der Waals surface area contributed by atoms with Crippen LogP contribution in [0.5, 0.6) is 0 Å². The predicted molar refractivity (Wildman–Crippen MR) is 372 cm³/mol. The van der Waals surface area contributed by atoms with Gasteiger partial charge in [0, 0.05) is 102 Å². The number of fused-ring (bicyclic) bond motifs is 9. The Bertz CT molecular complexity index is 5850. The molecule has 15 rings (SSSR count). The van der Waals surface area contributed by atoms with Crippen LogP contribution in [0, 0.1) is 32.5 Å². The van der Waals surface area contributed by atoms with E-state index in [-0.39, 0.29) is 12.0 Å². The van der Waals surface area contributed by atoms with Crippen molar-refractivity contribution >= 4 is 66.2 Å². The molecule has 0 saturated heterocycles. The van der Waals surface area contributed by atoms with Crippen molar-refractivity contribution in [2.45, 2.75) is 80.3 Å². The highest BCUT2D eigenvalue weighted by Crippen LogP contribution is 2.40. The summed E-state index contributed by atoms with van der Waals surface area (Å²) in [6.07, 6.45) is 11.3. The summed E-state index contributed by atoms with van der Waals surface area (Å²) in [5, 5.41) is 5.99. The van der Waals surface area contributed by atoms with E-state index in [1.54, 1.807) is 36.8 Å². The van der Waals surface area contributed by atoms with Gasteiger partial charge in [-0.3, -0.25) is 0 Å². The number of hydrogen-bond donors (Lipinski definition) is 0. The van der Waals surface area contributed by atoms with E-state index in [1.165, 1.54) is 32.9 Å². The second-order valence-corrected chi connectivity index (χ2v) is 23.7. The topological polar surface area (TPSA) is 89.7 Å². The molecular formula is C82H76FN6O3+3. The van der Waals surface area contributed by atoms with Crippen LogP contribution in [0.1, 0.15) is 103 Å². The maximum Gasteiger partial charge on any atom is 0.227 e. The molecule has 3 unspecified atom stereocenters. The van der Waals surface area contributed by atoms with E-state index in [1.807, 2.05) is 153 Å². The third kappa shape index (κ3) is 11.6. The first-order valence-electron chi connectivity index (χ1n) is 36.4. The fourth-order valence-corrected chi connectivity index (χ4v) is 12.5. The number of rotatable bonds is 10. The fourth-order valence-electron chi connectivity index (χ4n) is 12.5. The third-order valence-electron chi connectivity index (χ3n) is 17.1. The monoisotopic (exact) mass is 1220 g/mol. The van der Waals surface area contributed by atoms with Crippen molar-refractivity contribution in [1.82, 2.24) is 15.0 Å². The van der Waals surface area contributed by atoms with Gasteiger partial charge in [-0.05, 0) is 162 Å². The van der Waals surface area contributed by atoms with E-state index in [0.717, 1.165) is 133 Å². The van der Waals surface area contributed by atoms with Crippen molar-refractivity contribution in [3.05, 3.63) is 252 Å². The van der Waals surface area contributed by atoms with Gasteiger partial charge in [0.1, 0.15) is 27.0 Å². The van der Waals surface area contributed by atoms with Gasteiger partial charge in [0.2, 0.25) is 34.2 Å². The zero-order valence-electron chi connectivity index (χ0n) is 64.7. The predicted octanol–water partition coefficient (Wildman–Crippen LogP) is 19.9. The van der Waals surface area contributed by atoms with Gasteiger partial charge in [-0.1, -0.05) is 132 Å². The molecule has 15 aromatic rings. The van der Waals surface area contributed by atoms with E-state index < -0.39 is 44.1 Å². The first kappa shape index (κ1) is 47.5. The molecule has 9 heterocycles. The molecule has 0 aliphatic carbocycles. The van der Waals surface area contributed by atoms with Crippen molar-refractivity contribution in [2.75, 3.05) is 0 Å². The quantitative estimate of drug-likeness (QED) is 0.127. The summed E-state index contributed by atoms with van der Waals surface area (Å²) in [7, 11) is 5.91. The number of hydrogen-bond acceptors (Lipinski definition) is 6. The van der Waals surface area contributed by atoms with Crippen LogP contribution in [0.15, 0.2) is 226 Å². The average molecular weight is 1220 g/mol. The molecule has 0 radical (unpaired) electrons. The highest BCUT2D eigenvalue weighted by molar-refractivity contribution is 6.11. The number of pyridine rings is 6. The largest absolute Gasteiger partial charge is 0.437 e. The third-order valence-corrected chi connectivity index (χ3v) is 17.1. The van der Waals surface area contributed by atoms with Crippen LogP contribution in [0.4, 0.5) is 4.39 Å². The summed E-state index contributed by atoms with van der Waals surface area (Å²) in [6.45, 7) is 2.87. The molecule has 9 aromatic heterocycles. The Morgan fingerprint density at radius 1 is 0.424 bits per heavy atom. The number of aryl methyl sites for hydroxylation is 6. The van der Waals surface area contributed by atoms with Crippen LogP contribution in [0.25, 0.3) is 133 Å². The Hall–Kier alpha value is -10.5. The molecule has 3 atom stereocenters. The zero-order chi connectivity index (χ0) is 74.3.